The molecule has 2 rings (SSSR count). The molecule has 6 heteroatoms. The zero-order valence-electron chi connectivity index (χ0n) is 8.70. The van der Waals surface area contributed by atoms with Crippen molar-refractivity contribution in [2.45, 2.75) is 6.54 Å². The lowest BCUT2D eigenvalue weighted by Crippen LogP contribution is -2.13. The first kappa shape index (κ1) is 10.3. The molecule has 1 aromatic carbocycles. The number of Topliss-reactive ketones (excluding diaryl/α,β-unsaturated/α-hetero) is 1. The molecule has 0 bridgehead atoms. The van der Waals surface area contributed by atoms with Crippen molar-refractivity contribution in [1.82, 2.24) is 20.2 Å². The largest absolute Gasteiger partial charge is 0.497 e. The number of carbonyl (C=O) groups is 1. The van der Waals surface area contributed by atoms with Crippen LogP contribution in [0.1, 0.15) is 10.4 Å². The van der Waals surface area contributed by atoms with E-state index in [0.29, 0.717) is 5.56 Å². The van der Waals surface area contributed by atoms with E-state index < -0.39 is 0 Å². The molecule has 1 heterocycles. The maximum atomic E-state index is 11.7. The quantitative estimate of drug-likeness (QED) is 0.701. The molecular formula is C10H10N4O2. The molecule has 0 aliphatic heterocycles. The molecule has 0 N–H and O–H groups in total. The van der Waals surface area contributed by atoms with Crippen molar-refractivity contribution in [2.75, 3.05) is 7.11 Å². The van der Waals surface area contributed by atoms with Gasteiger partial charge in [0.25, 0.3) is 0 Å². The Hall–Kier alpha value is -2.24. The summed E-state index contributed by atoms with van der Waals surface area (Å²) >= 11 is 0. The van der Waals surface area contributed by atoms with Crippen molar-refractivity contribution in [3.63, 3.8) is 0 Å². The second-order valence-corrected chi connectivity index (χ2v) is 3.12. The second-order valence-electron chi connectivity index (χ2n) is 3.12. The van der Waals surface area contributed by atoms with Crippen molar-refractivity contribution >= 4 is 5.78 Å². The summed E-state index contributed by atoms with van der Waals surface area (Å²) < 4.78 is 5.00. The van der Waals surface area contributed by atoms with E-state index in [1.807, 2.05) is 0 Å². The zero-order chi connectivity index (χ0) is 11.4. The van der Waals surface area contributed by atoms with Crippen LogP contribution in [0.2, 0.25) is 0 Å². The fraction of sp³-hybridized carbons (Fsp3) is 0.200. The van der Waals surface area contributed by atoms with Crippen LogP contribution >= 0.6 is 0 Å². The molecule has 6 nitrogen and oxygen atoms in total. The van der Waals surface area contributed by atoms with Gasteiger partial charge in [-0.3, -0.25) is 4.79 Å². The Kier molecular flexibility index (Phi) is 2.90. The van der Waals surface area contributed by atoms with Gasteiger partial charge in [-0.15, -0.1) is 10.2 Å². The van der Waals surface area contributed by atoms with E-state index in [2.05, 4.69) is 15.4 Å². The Morgan fingerprint density at radius 2 is 2.12 bits per heavy atom. The van der Waals surface area contributed by atoms with Crippen LogP contribution in [0.15, 0.2) is 30.6 Å². The molecule has 82 valence electrons. The van der Waals surface area contributed by atoms with E-state index in [1.54, 1.807) is 31.4 Å². The third-order valence-corrected chi connectivity index (χ3v) is 2.09. The van der Waals surface area contributed by atoms with Gasteiger partial charge in [0.1, 0.15) is 12.3 Å². The number of nitrogens with zero attached hydrogens (tertiary/aromatic N) is 4. The Balaban J connectivity index is 2.09. The first-order chi connectivity index (χ1) is 7.79. The van der Waals surface area contributed by atoms with Gasteiger partial charge in [-0.25, -0.2) is 0 Å². The summed E-state index contributed by atoms with van der Waals surface area (Å²) in [7, 11) is 1.58. The summed E-state index contributed by atoms with van der Waals surface area (Å²) in [6, 6.07) is 6.89. The predicted octanol–water partition coefficient (Wildman–Crippen LogP) is 0.565. The third kappa shape index (κ3) is 2.22. The predicted molar refractivity (Wildman–Crippen MR) is 55.1 cm³/mol. The molecule has 0 aliphatic rings. The molecule has 0 radical (unpaired) electrons. The first-order valence-electron chi connectivity index (χ1n) is 4.67. The molecule has 16 heavy (non-hydrogen) atoms. The molecule has 0 saturated carbocycles. The highest BCUT2D eigenvalue weighted by atomic mass is 16.5. The van der Waals surface area contributed by atoms with Crippen LogP contribution in [0, 0.1) is 0 Å². The highest BCUT2D eigenvalue weighted by Gasteiger charge is 2.07. The topological polar surface area (TPSA) is 69.9 Å². The van der Waals surface area contributed by atoms with Crippen molar-refractivity contribution < 1.29 is 9.53 Å². The van der Waals surface area contributed by atoms with E-state index in [0.717, 1.165) is 5.75 Å². The second kappa shape index (κ2) is 4.52. The Morgan fingerprint density at radius 1 is 1.38 bits per heavy atom. The summed E-state index contributed by atoms with van der Waals surface area (Å²) in [6.07, 6.45) is 1.29. The fourth-order valence-electron chi connectivity index (χ4n) is 1.26. The number of rotatable bonds is 4. The smallest absolute Gasteiger partial charge is 0.186 e. The van der Waals surface area contributed by atoms with Gasteiger partial charge in [-0.1, -0.05) is 0 Å². The Morgan fingerprint density at radius 3 is 2.69 bits per heavy atom. The van der Waals surface area contributed by atoms with Crippen molar-refractivity contribution in [3.05, 3.63) is 36.2 Å². The summed E-state index contributed by atoms with van der Waals surface area (Å²) in [4.78, 5) is 13.0. The van der Waals surface area contributed by atoms with E-state index in [1.165, 1.54) is 11.1 Å². The van der Waals surface area contributed by atoms with E-state index in [4.69, 9.17) is 4.74 Å². The van der Waals surface area contributed by atoms with Crippen LogP contribution in [0.5, 0.6) is 5.75 Å². The number of aromatic nitrogens is 4. The fourth-order valence-corrected chi connectivity index (χ4v) is 1.26. The van der Waals surface area contributed by atoms with E-state index >= 15 is 0 Å². The Labute approximate surface area is 91.8 Å². The first-order valence-corrected chi connectivity index (χ1v) is 4.67. The number of tetrazole rings is 1. The lowest BCUT2D eigenvalue weighted by Gasteiger charge is -2.02. The lowest BCUT2D eigenvalue weighted by molar-refractivity contribution is 0.0961. The normalized spacial score (nSPS) is 10.1. The third-order valence-electron chi connectivity index (χ3n) is 2.09. The SMILES string of the molecule is COc1ccc(C(=O)Cn2ncnn2)cc1. The molecule has 0 spiro atoms. The summed E-state index contributed by atoms with van der Waals surface area (Å²) in [5, 5.41) is 10.9. The van der Waals surface area contributed by atoms with Crippen LogP contribution < -0.4 is 4.74 Å². The molecular weight excluding hydrogens is 208 g/mol. The minimum Gasteiger partial charge on any atom is -0.497 e. The minimum absolute atomic E-state index is 0.0688. The number of ketones is 1. The van der Waals surface area contributed by atoms with Gasteiger partial charge in [-0.05, 0) is 29.5 Å². The van der Waals surface area contributed by atoms with E-state index in [-0.39, 0.29) is 12.3 Å². The molecule has 2 aromatic rings. The van der Waals surface area contributed by atoms with Crippen LogP contribution in [0.3, 0.4) is 0 Å². The van der Waals surface area contributed by atoms with Gasteiger partial charge in [-0.2, -0.15) is 4.80 Å². The minimum atomic E-state index is -0.0688. The maximum Gasteiger partial charge on any atom is 0.186 e. The van der Waals surface area contributed by atoms with Crippen LogP contribution in [0.4, 0.5) is 0 Å². The van der Waals surface area contributed by atoms with Gasteiger partial charge < -0.3 is 4.74 Å². The maximum absolute atomic E-state index is 11.7. The molecule has 1 aromatic heterocycles. The van der Waals surface area contributed by atoms with Crippen molar-refractivity contribution in [1.29, 1.82) is 0 Å². The zero-order valence-corrected chi connectivity index (χ0v) is 8.70. The molecule has 0 unspecified atom stereocenters. The van der Waals surface area contributed by atoms with Gasteiger partial charge in [0.15, 0.2) is 12.1 Å². The molecule has 0 atom stereocenters. The Bertz CT molecular complexity index is 464. The molecule has 0 aliphatic carbocycles. The van der Waals surface area contributed by atoms with Crippen molar-refractivity contribution in [2.24, 2.45) is 0 Å². The summed E-state index contributed by atoms with van der Waals surface area (Å²) in [5.41, 5.74) is 0.595. The van der Waals surface area contributed by atoms with Gasteiger partial charge >= 0.3 is 0 Å². The number of hydrogen-bond acceptors (Lipinski definition) is 5. The number of carbonyl (C=O) groups excluding carboxylic acids is 1. The van der Waals surface area contributed by atoms with E-state index in [9.17, 15) is 4.79 Å². The van der Waals surface area contributed by atoms with Gasteiger partial charge in [0, 0.05) is 5.56 Å². The number of benzene rings is 1. The van der Waals surface area contributed by atoms with Gasteiger partial charge in [0.2, 0.25) is 0 Å². The lowest BCUT2D eigenvalue weighted by atomic mass is 10.1. The summed E-state index contributed by atoms with van der Waals surface area (Å²) in [5.74, 6) is 0.649. The van der Waals surface area contributed by atoms with Crippen LogP contribution in [-0.2, 0) is 6.54 Å². The van der Waals surface area contributed by atoms with Gasteiger partial charge in [0.05, 0.1) is 7.11 Å². The number of hydrogen-bond donors (Lipinski definition) is 0. The highest BCUT2D eigenvalue weighted by Crippen LogP contribution is 2.11. The van der Waals surface area contributed by atoms with Crippen LogP contribution in [0.25, 0.3) is 0 Å². The van der Waals surface area contributed by atoms with Crippen molar-refractivity contribution in [3.8, 4) is 5.75 Å². The molecule has 0 fully saturated rings. The monoisotopic (exact) mass is 218 g/mol. The molecule has 0 amide bonds. The standard InChI is InChI=1S/C10H10N4O2/c1-16-9-4-2-8(3-5-9)10(15)6-14-12-7-11-13-14/h2-5,7H,6H2,1H3. The molecule has 0 saturated heterocycles. The average Bonchev–Trinajstić information content (AvgIpc) is 2.82. The van der Waals surface area contributed by atoms with Crippen LogP contribution in [-0.4, -0.2) is 33.1 Å². The number of methoxy groups -OCH3 is 1. The summed E-state index contributed by atoms with van der Waals surface area (Å²) in [6.45, 7) is 0.0896. The number of ether oxygens (including phenoxy) is 1. The average molecular weight is 218 g/mol. The highest BCUT2D eigenvalue weighted by molar-refractivity contribution is 5.95.